The molecule has 0 aliphatic rings. The van der Waals surface area contributed by atoms with Crippen LogP contribution in [-0.4, -0.2) is 25.8 Å². The van der Waals surface area contributed by atoms with Crippen molar-refractivity contribution in [1.82, 2.24) is 5.43 Å². The first-order valence-corrected chi connectivity index (χ1v) is 8.60. The number of benzene rings is 2. The van der Waals surface area contributed by atoms with Crippen LogP contribution in [0.15, 0.2) is 47.6 Å². The number of nitrogens with one attached hydrogen (secondary N) is 1. The van der Waals surface area contributed by atoms with Gasteiger partial charge in [0, 0.05) is 11.1 Å². The molecule has 0 aromatic heterocycles. The lowest BCUT2D eigenvalue weighted by Gasteiger charge is -2.18. The van der Waals surface area contributed by atoms with E-state index in [1.807, 2.05) is 43.3 Å². The third-order valence-corrected chi connectivity index (χ3v) is 3.90. The van der Waals surface area contributed by atoms with Gasteiger partial charge in [0.15, 0.2) is 0 Å². The van der Waals surface area contributed by atoms with Gasteiger partial charge in [-0.1, -0.05) is 32.9 Å². The molecule has 0 atom stereocenters. The molecule has 5 nitrogen and oxygen atoms in total. The maximum absolute atomic E-state index is 12.2. The third-order valence-electron chi connectivity index (χ3n) is 3.90. The second-order valence-electron chi connectivity index (χ2n) is 6.86. The van der Waals surface area contributed by atoms with E-state index in [0.717, 1.165) is 5.56 Å². The Morgan fingerprint density at radius 3 is 2.42 bits per heavy atom. The van der Waals surface area contributed by atoms with Gasteiger partial charge in [0.2, 0.25) is 0 Å². The van der Waals surface area contributed by atoms with Gasteiger partial charge in [-0.3, -0.25) is 4.79 Å². The summed E-state index contributed by atoms with van der Waals surface area (Å²) in [4.78, 5) is 12.2. The Bertz CT molecular complexity index is 775. The summed E-state index contributed by atoms with van der Waals surface area (Å²) in [5.41, 5.74) is 5.07. The van der Waals surface area contributed by atoms with E-state index >= 15 is 0 Å². The van der Waals surface area contributed by atoms with Crippen LogP contribution >= 0.6 is 0 Å². The summed E-state index contributed by atoms with van der Waals surface area (Å²) in [5, 5.41) is 4.05. The van der Waals surface area contributed by atoms with E-state index in [1.54, 1.807) is 19.4 Å². The van der Waals surface area contributed by atoms with Gasteiger partial charge >= 0.3 is 0 Å². The SMILES string of the molecule is CCOc1ccc(OC)cc1/C=N/NC(=O)c1ccc(C(C)(C)C)cc1. The normalized spacial score (nSPS) is 11.4. The zero-order chi connectivity index (χ0) is 19.2. The fourth-order valence-corrected chi connectivity index (χ4v) is 2.39. The fraction of sp³-hybridized carbons (Fsp3) is 0.333. The summed E-state index contributed by atoms with van der Waals surface area (Å²) >= 11 is 0. The molecule has 0 aliphatic heterocycles. The van der Waals surface area contributed by atoms with Crippen LogP contribution in [0.3, 0.4) is 0 Å². The summed E-state index contributed by atoms with van der Waals surface area (Å²) < 4.78 is 10.8. The van der Waals surface area contributed by atoms with Crippen molar-refractivity contribution >= 4 is 12.1 Å². The van der Waals surface area contributed by atoms with E-state index in [4.69, 9.17) is 9.47 Å². The minimum atomic E-state index is -0.262. The summed E-state index contributed by atoms with van der Waals surface area (Å²) in [6.07, 6.45) is 1.55. The Hall–Kier alpha value is -2.82. The highest BCUT2D eigenvalue weighted by Gasteiger charge is 2.14. The number of ether oxygens (including phenoxy) is 2. The number of carbonyl (C=O) groups excluding carboxylic acids is 1. The van der Waals surface area contributed by atoms with Crippen LogP contribution in [0.4, 0.5) is 0 Å². The molecule has 0 bridgehead atoms. The maximum Gasteiger partial charge on any atom is 0.271 e. The van der Waals surface area contributed by atoms with Gasteiger partial charge in [-0.05, 0) is 48.2 Å². The van der Waals surface area contributed by atoms with Gasteiger partial charge in [0.1, 0.15) is 11.5 Å². The number of carbonyl (C=O) groups is 1. The lowest BCUT2D eigenvalue weighted by molar-refractivity contribution is 0.0955. The van der Waals surface area contributed by atoms with Crippen molar-refractivity contribution < 1.29 is 14.3 Å². The van der Waals surface area contributed by atoms with E-state index in [0.29, 0.717) is 23.7 Å². The molecular weight excluding hydrogens is 328 g/mol. The first-order valence-electron chi connectivity index (χ1n) is 8.60. The number of rotatable bonds is 6. The average Bonchev–Trinajstić information content (AvgIpc) is 2.62. The van der Waals surface area contributed by atoms with Crippen LogP contribution < -0.4 is 14.9 Å². The van der Waals surface area contributed by atoms with E-state index in [-0.39, 0.29) is 11.3 Å². The molecule has 0 unspecified atom stereocenters. The largest absolute Gasteiger partial charge is 0.497 e. The summed E-state index contributed by atoms with van der Waals surface area (Å²) in [6, 6.07) is 13.0. The van der Waals surface area contributed by atoms with Crippen molar-refractivity contribution in [2.75, 3.05) is 13.7 Å². The Labute approximate surface area is 155 Å². The molecule has 5 heteroatoms. The number of hydrogen-bond donors (Lipinski definition) is 1. The number of hydrogen-bond acceptors (Lipinski definition) is 4. The van der Waals surface area contributed by atoms with Gasteiger partial charge in [-0.25, -0.2) is 5.43 Å². The van der Waals surface area contributed by atoms with Crippen molar-refractivity contribution in [1.29, 1.82) is 0 Å². The van der Waals surface area contributed by atoms with E-state index in [9.17, 15) is 4.79 Å². The Morgan fingerprint density at radius 2 is 1.85 bits per heavy atom. The van der Waals surface area contributed by atoms with Crippen LogP contribution in [0.2, 0.25) is 0 Å². The van der Waals surface area contributed by atoms with E-state index < -0.39 is 0 Å². The summed E-state index contributed by atoms with van der Waals surface area (Å²) in [6.45, 7) is 8.86. The van der Waals surface area contributed by atoms with Crippen molar-refractivity contribution in [2.45, 2.75) is 33.1 Å². The molecule has 26 heavy (non-hydrogen) atoms. The molecule has 0 radical (unpaired) electrons. The van der Waals surface area contributed by atoms with Crippen LogP contribution in [0.25, 0.3) is 0 Å². The van der Waals surface area contributed by atoms with Crippen molar-refractivity contribution in [2.24, 2.45) is 5.10 Å². The smallest absolute Gasteiger partial charge is 0.271 e. The average molecular weight is 354 g/mol. The zero-order valence-corrected chi connectivity index (χ0v) is 16.0. The van der Waals surface area contributed by atoms with Gasteiger partial charge in [0.05, 0.1) is 19.9 Å². The molecule has 1 N–H and O–H groups in total. The Kier molecular flexibility index (Phi) is 6.39. The molecule has 1 amide bonds. The number of hydrazone groups is 1. The number of nitrogens with zero attached hydrogens (tertiary/aromatic N) is 1. The highest BCUT2D eigenvalue weighted by Crippen LogP contribution is 2.23. The van der Waals surface area contributed by atoms with Gasteiger partial charge in [-0.15, -0.1) is 0 Å². The third kappa shape index (κ3) is 5.09. The molecule has 2 aromatic rings. The van der Waals surface area contributed by atoms with Crippen molar-refractivity contribution in [3.8, 4) is 11.5 Å². The Balaban J connectivity index is 2.09. The molecule has 0 saturated carbocycles. The van der Waals surface area contributed by atoms with E-state index in [2.05, 4.69) is 31.3 Å². The number of methoxy groups -OCH3 is 1. The van der Waals surface area contributed by atoms with Crippen molar-refractivity contribution in [3.63, 3.8) is 0 Å². The predicted octanol–water partition coefficient (Wildman–Crippen LogP) is 4.16. The summed E-state index contributed by atoms with van der Waals surface area (Å²) in [7, 11) is 1.60. The Morgan fingerprint density at radius 1 is 1.15 bits per heavy atom. The van der Waals surface area contributed by atoms with Crippen molar-refractivity contribution in [3.05, 3.63) is 59.2 Å². The second kappa shape index (κ2) is 8.52. The first-order chi connectivity index (χ1) is 12.3. The zero-order valence-electron chi connectivity index (χ0n) is 16.0. The molecule has 2 rings (SSSR count). The number of amides is 1. The van der Waals surface area contributed by atoms with Gasteiger partial charge in [0.25, 0.3) is 5.91 Å². The molecule has 0 saturated heterocycles. The molecule has 138 valence electrons. The molecule has 0 spiro atoms. The summed E-state index contributed by atoms with van der Waals surface area (Å²) in [5.74, 6) is 1.11. The van der Waals surface area contributed by atoms with E-state index in [1.165, 1.54) is 5.56 Å². The molecule has 0 aliphatic carbocycles. The van der Waals surface area contributed by atoms with Crippen LogP contribution in [0.5, 0.6) is 11.5 Å². The van der Waals surface area contributed by atoms with Crippen LogP contribution in [0, 0.1) is 0 Å². The highest BCUT2D eigenvalue weighted by atomic mass is 16.5. The highest BCUT2D eigenvalue weighted by molar-refractivity contribution is 5.95. The van der Waals surface area contributed by atoms with Crippen LogP contribution in [-0.2, 0) is 5.41 Å². The minimum Gasteiger partial charge on any atom is -0.497 e. The van der Waals surface area contributed by atoms with Gasteiger partial charge in [-0.2, -0.15) is 5.10 Å². The fourth-order valence-electron chi connectivity index (χ4n) is 2.39. The predicted molar refractivity (Wildman–Crippen MR) is 104 cm³/mol. The monoisotopic (exact) mass is 354 g/mol. The molecular formula is C21H26N2O3. The molecule has 0 heterocycles. The maximum atomic E-state index is 12.2. The van der Waals surface area contributed by atoms with Gasteiger partial charge < -0.3 is 9.47 Å². The quantitative estimate of drug-likeness (QED) is 0.626. The lowest BCUT2D eigenvalue weighted by atomic mass is 9.87. The van der Waals surface area contributed by atoms with Crippen LogP contribution in [0.1, 0.15) is 49.2 Å². The minimum absolute atomic E-state index is 0.0508. The first kappa shape index (κ1) is 19.5. The topological polar surface area (TPSA) is 59.9 Å². The standard InChI is InChI=1S/C21H26N2O3/c1-6-26-19-12-11-18(25-5)13-16(19)14-22-23-20(24)15-7-9-17(10-8-15)21(2,3)4/h7-14H,6H2,1-5H3,(H,23,24)/b22-14+. The second-order valence-corrected chi connectivity index (χ2v) is 6.86. The lowest BCUT2D eigenvalue weighted by Crippen LogP contribution is -2.18. The molecule has 2 aromatic carbocycles. The molecule has 0 fully saturated rings.